The monoisotopic (exact) mass is 440 g/mol. The van der Waals surface area contributed by atoms with E-state index in [0.29, 0.717) is 0 Å². The van der Waals surface area contributed by atoms with E-state index in [-0.39, 0.29) is 39.3 Å². The molecule has 150 valence electrons. The molecule has 1 aliphatic carbocycles. The van der Waals surface area contributed by atoms with Gasteiger partial charge in [0.25, 0.3) is 11.4 Å². The average molecular weight is 441 g/mol. The first kappa shape index (κ1) is 20.5. The van der Waals surface area contributed by atoms with Crippen LogP contribution in [-0.2, 0) is 9.59 Å². The number of carbonyl (C=O) groups is 2. The Labute approximate surface area is 172 Å². The molecule has 0 N–H and O–H groups in total. The first-order valence-electron chi connectivity index (χ1n) is 7.98. The lowest BCUT2D eigenvalue weighted by atomic mass is 10.3. The smallest absolute Gasteiger partial charge is 0.315 e. The summed E-state index contributed by atoms with van der Waals surface area (Å²) in [5.74, 6) is -3.16. The Kier molecular flexibility index (Phi) is 5.66. The fourth-order valence-corrected chi connectivity index (χ4v) is 2.88. The molecule has 0 spiro atoms. The SMILES string of the molecule is O=C(Oc1ccc([N+](=O)[O-])cc1Cl)[C@@H]1C[C@H]1C(=O)Oc1ccc([N+](=O)[O-])cc1Cl. The van der Waals surface area contributed by atoms with Crippen LogP contribution in [0.3, 0.4) is 0 Å². The second-order valence-corrected chi connectivity index (χ2v) is 6.85. The highest BCUT2D eigenvalue weighted by Gasteiger charge is 2.51. The van der Waals surface area contributed by atoms with Crippen molar-refractivity contribution in [3.05, 3.63) is 66.7 Å². The van der Waals surface area contributed by atoms with Crippen LogP contribution in [0.25, 0.3) is 0 Å². The maximum absolute atomic E-state index is 12.2. The lowest BCUT2D eigenvalue weighted by Crippen LogP contribution is -2.18. The van der Waals surface area contributed by atoms with Gasteiger partial charge in [0, 0.05) is 24.3 Å². The second-order valence-electron chi connectivity index (χ2n) is 6.03. The van der Waals surface area contributed by atoms with E-state index in [1.54, 1.807) is 0 Å². The van der Waals surface area contributed by atoms with Crippen molar-refractivity contribution >= 4 is 46.5 Å². The Bertz CT molecular complexity index is 961. The molecular weight excluding hydrogens is 431 g/mol. The zero-order valence-electron chi connectivity index (χ0n) is 14.2. The molecule has 0 unspecified atom stereocenters. The molecule has 1 saturated carbocycles. The van der Waals surface area contributed by atoms with Crippen LogP contribution in [0.4, 0.5) is 11.4 Å². The number of hydrogen-bond donors (Lipinski definition) is 0. The first-order valence-corrected chi connectivity index (χ1v) is 8.74. The molecule has 2 aromatic rings. The summed E-state index contributed by atoms with van der Waals surface area (Å²) in [6.07, 6.45) is 0.173. The number of nitrogens with zero attached hydrogens (tertiary/aromatic N) is 2. The summed E-state index contributed by atoms with van der Waals surface area (Å²) in [7, 11) is 0. The van der Waals surface area contributed by atoms with Crippen molar-refractivity contribution in [2.75, 3.05) is 0 Å². The number of non-ortho nitro benzene ring substituents is 2. The quantitative estimate of drug-likeness (QED) is 0.284. The van der Waals surface area contributed by atoms with Crippen molar-refractivity contribution in [2.45, 2.75) is 6.42 Å². The van der Waals surface area contributed by atoms with Crippen molar-refractivity contribution in [2.24, 2.45) is 11.8 Å². The summed E-state index contributed by atoms with van der Waals surface area (Å²) in [6.45, 7) is 0. The summed E-state index contributed by atoms with van der Waals surface area (Å²) >= 11 is 11.7. The highest BCUT2D eigenvalue weighted by Crippen LogP contribution is 2.42. The summed E-state index contributed by atoms with van der Waals surface area (Å²) in [4.78, 5) is 44.4. The number of esters is 2. The van der Waals surface area contributed by atoms with Crippen molar-refractivity contribution in [3.63, 3.8) is 0 Å². The van der Waals surface area contributed by atoms with Crippen LogP contribution in [0, 0.1) is 32.1 Å². The predicted octanol–water partition coefficient (Wildman–Crippen LogP) is 3.96. The van der Waals surface area contributed by atoms with Gasteiger partial charge in [-0.1, -0.05) is 23.2 Å². The lowest BCUT2D eigenvalue weighted by molar-refractivity contribution is -0.385. The number of ether oxygens (including phenoxy) is 2. The summed E-state index contributed by atoms with van der Waals surface area (Å²) in [6, 6.07) is 6.71. The Morgan fingerprint density at radius 3 is 1.52 bits per heavy atom. The van der Waals surface area contributed by atoms with Gasteiger partial charge >= 0.3 is 11.9 Å². The Morgan fingerprint density at radius 2 is 1.21 bits per heavy atom. The van der Waals surface area contributed by atoms with Crippen LogP contribution in [0.5, 0.6) is 11.5 Å². The molecule has 2 aromatic carbocycles. The van der Waals surface area contributed by atoms with E-state index < -0.39 is 33.6 Å². The van der Waals surface area contributed by atoms with Crippen LogP contribution < -0.4 is 9.47 Å². The molecule has 0 amide bonds. The molecule has 1 aliphatic rings. The minimum atomic E-state index is -0.773. The molecule has 12 heteroatoms. The summed E-state index contributed by atoms with van der Waals surface area (Å²) in [5, 5.41) is 21.1. The average Bonchev–Trinajstić information content (AvgIpc) is 3.45. The van der Waals surface area contributed by atoms with Gasteiger partial charge in [0.15, 0.2) is 0 Å². The van der Waals surface area contributed by atoms with Gasteiger partial charge in [-0.15, -0.1) is 0 Å². The number of nitro benzene ring substituents is 2. The van der Waals surface area contributed by atoms with Crippen LogP contribution in [0.15, 0.2) is 36.4 Å². The minimum Gasteiger partial charge on any atom is -0.425 e. The highest BCUT2D eigenvalue weighted by atomic mass is 35.5. The minimum absolute atomic E-state index is 0.0697. The van der Waals surface area contributed by atoms with Gasteiger partial charge in [-0.3, -0.25) is 29.8 Å². The summed E-state index contributed by atoms with van der Waals surface area (Å²) < 4.78 is 10.2. The second kappa shape index (κ2) is 8.02. The summed E-state index contributed by atoms with van der Waals surface area (Å²) in [5.41, 5.74) is -0.523. The topological polar surface area (TPSA) is 139 Å². The third kappa shape index (κ3) is 4.61. The van der Waals surface area contributed by atoms with Gasteiger partial charge in [0.1, 0.15) is 11.5 Å². The molecule has 0 heterocycles. The van der Waals surface area contributed by atoms with Gasteiger partial charge in [-0.25, -0.2) is 0 Å². The number of nitro groups is 2. The van der Waals surface area contributed by atoms with Crippen molar-refractivity contribution in [1.82, 2.24) is 0 Å². The lowest BCUT2D eigenvalue weighted by Gasteiger charge is -2.07. The zero-order valence-corrected chi connectivity index (χ0v) is 15.8. The number of benzene rings is 2. The number of hydrogen-bond acceptors (Lipinski definition) is 8. The molecule has 0 saturated heterocycles. The van der Waals surface area contributed by atoms with Gasteiger partial charge in [0.2, 0.25) is 0 Å². The van der Waals surface area contributed by atoms with Gasteiger partial charge in [-0.05, 0) is 18.6 Å². The molecule has 0 bridgehead atoms. The first-order chi connectivity index (χ1) is 13.7. The van der Waals surface area contributed by atoms with E-state index in [9.17, 15) is 29.8 Å². The number of rotatable bonds is 6. The normalized spacial score (nSPS) is 17.3. The van der Waals surface area contributed by atoms with Crippen LogP contribution in [-0.4, -0.2) is 21.8 Å². The predicted molar refractivity (Wildman–Crippen MR) is 99.1 cm³/mol. The molecule has 10 nitrogen and oxygen atoms in total. The maximum Gasteiger partial charge on any atom is 0.315 e. The van der Waals surface area contributed by atoms with Crippen LogP contribution in [0.1, 0.15) is 6.42 Å². The van der Waals surface area contributed by atoms with Gasteiger partial charge in [-0.2, -0.15) is 0 Å². The van der Waals surface area contributed by atoms with Crippen molar-refractivity contribution < 1.29 is 28.9 Å². The Morgan fingerprint density at radius 1 is 0.828 bits per heavy atom. The third-order valence-corrected chi connectivity index (χ3v) is 4.66. The molecular formula is C17H10Cl2N2O8. The van der Waals surface area contributed by atoms with Gasteiger partial charge < -0.3 is 9.47 Å². The van der Waals surface area contributed by atoms with Gasteiger partial charge in [0.05, 0.1) is 31.7 Å². The molecule has 0 aromatic heterocycles. The molecule has 3 rings (SSSR count). The number of carbonyl (C=O) groups excluding carboxylic acids is 2. The standard InChI is InChI=1S/C17H10Cl2N2O8/c18-12-5-8(20(24)25)1-3-14(12)28-16(22)10-7-11(10)17(23)29-15-4-2-9(21(26)27)6-13(15)19/h1-6,10-11H,7H2/t10-,11-/m1/s1. The van der Waals surface area contributed by atoms with Crippen LogP contribution >= 0.6 is 23.2 Å². The van der Waals surface area contributed by atoms with E-state index in [0.717, 1.165) is 24.3 Å². The largest absolute Gasteiger partial charge is 0.425 e. The van der Waals surface area contributed by atoms with E-state index in [1.807, 2.05) is 0 Å². The van der Waals surface area contributed by atoms with Crippen molar-refractivity contribution in [3.8, 4) is 11.5 Å². The van der Waals surface area contributed by atoms with E-state index in [4.69, 9.17) is 32.7 Å². The molecule has 29 heavy (non-hydrogen) atoms. The van der Waals surface area contributed by atoms with Crippen LogP contribution in [0.2, 0.25) is 10.0 Å². The Hall–Kier alpha value is -3.24. The van der Waals surface area contributed by atoms with E-state index in [1.165, 1.54) is 12.1 Å². The van der Waals surface area contributed by atoms with Crippen molar-refractivity contribution in [1.29, 1.82) is 0 Å². The fraction of sp³-hybridized carbons (Fsp3) is 0.176. The third-order valence-electron chi connectivity index (χ3n) is 4.07. The fourth-order valence-electron chi connectivity index (χ4n) is 2.46. The molecule has 1 fully saturated rings. The van der Waals surface area contributed by atoms with E-state index >= 15 is 0 Å². The van der Waals surface area contributed by atoms with E-state index in [2.05, 4.69) is 0 Å². The number of halogens is 2. The molecule has 2 atom stereocenters. The Balaban J connectivity index is 1.60. The molecule has 0 aliphatic heterocycles. The zero-order chi connectivity index (χ0) is 21.3. The maximum atomic E-state index is 12.2. The highest BCUT2D eigenvalue weighted by molar-refractivity contribution is 6.32. The molecule has 0 radical (unpaired) electrons.